The van der Waals surface area contributed by atoms with Crippen LogP contribution in [0.2, 0.25) is 0 Å². The Hall–Kier alpha value is -1.42. The largest absolute Gasteiger partial charge is 0.489 e. The van der Waals surface area contributed by atoms with Crippen molar-refractivity contribution in [2.24, 2.45) is 17.8 Å². The van der Waals surface area contributed by atoms with E-state index in [9.17, 15) is 13.2 Å². The topological polar surface area (TPSA) is 84.9 Å². The summed E-state index contributed by atoms with van der Waals surface area (Å²) >= 11 is 6.86. The first kappa shape index (κ1) is 23.0. The third-order valence-electron chi connectivity index (χ3n) is 8.27. The van der Waals surface area contributed by atoms with Crippen molar-refractivity contribution in [2.75, 3.05) is 26.3 Å². The van der Waals surface area contributed by atoms with Gasteiger partial charge in [0.25, 0.3) is 5.91 Å². The highest BCUT2D eigenvalue weighted by Crippen LogP contribution is 2.59. The maximum Gasteiger partial charge on any atom is 0.304 e. The highest BCUT2D eigenvalue weighted by Gasteiger charge is 2.56. The lowest BCUT2D eigenvalue weighted by molar-refractivity contribution is -0.0700. The fourth-order valence-corrected chi connectivity index (χ4v) is 8.52. The number of ether oxygens (including phenoxy) is 2. The molecule has 1 saturated heterocycles. The molecule has 1 aliphatic heterocycles. The van der Waals surface area contributed by atoms with E-state index in [0.29, 0.717) is 23.5 Å². The highest BCUT2D eigenvalue weighted by molar-refractivity contribution is 7.87. The predicted molar refractivity (Wildman–Crippen MR) is 124 cm³/mol. The van der Waals surface area contributed by atoms with Crippen LogP contribution in [0.15, 0.2) is 12.1 Å². The van der Waals surface area contributed by atoms with Gasteiger partial charge in [-0.3, -0.25) is 4.79 Å². The fraction of sp³-hybridized carbons (Fsp3) is 0.708. The molecule has 1 amide bonds. The van der Waals surface area contributed by atoms with Crippen LogP contribution in [0.4, 0.5) is 4.39 Å². The number of alkyl halides is 1. The van der Waals surface area contributed by atoms with Gasteiger partial charge in [0.1, 0.15) is 17.7 Å². The van der Waals surface area contributed by atoms with Gasteiger partial charge in [0.05, 0.1) is 18.8 Å². The molecule has 7 rings (SSSR count). The fourth-order valence-electron chi connectivity index (χ4n) is 6.80. The molecule has 34 heavy (non-hydrogen) atoms. The van der Waals surface area contributed by atoms with Crippen LogP contribution in [-0.2, 0) is 14.9 Å². The maximum atomic E-state index is 15.2. The summed E-state index contributed by atoms with van der Waals surface area (Å²) in [6.07, 6.45) is 7.09. The molecule has 1 heterocycles. The van der Waals surface area contributed by atoms with Crippen molar-refractivity contribution in [3.05, 3.63) is 29.1 Å². The first-order valence-corrected chi connectivity index (χ1v) is 14.1. The molecule has 4 bridgehead atoms. The number of hydrogen-bond acceptors (Lipinski definition) is 5. The Morgan fingerprint density at radius 3 is 2.44 bits per heavy atom. The van der Waals surface area contributed by atoms with E-state index in [-0.39, 0.29) is 48.8 Å². The van der Waals surface area contributed by atoms with Crippen molar-refractivity contribution >= 4 is 27.7 Å². The van der Waals surface area contributed by atoms with Gasteiger partial charge in [-0.2, -0.15) is 12.7 Å². The zero-order valence-electron chi connectivity index (χ0n) is 19.0. The first-order chi connectivity index (χ1) is 16.2. The molecule has 5 aliphatic carbocycles. The van der Waals surface area contributed by atoms with Gasteiger partial charge in [0.15, 0.2) is 0 Å². The molecule has 1 aromatic rings. The molecule has 1 N–H and O–H groups in total. The number of benzene rings is 1. The van der Waals surface area contributed by atoms with Crippen LogP contribution in [0.1, 0.15) is 66.8 Å². The second-order valence-electron chi connectivity index (χ2n) is 10.8. The summed E-state index contributed by atoms with van der Waals surface area (Å²) in [6.45, 7) is 0.824. The summed E-state index contributed by atoms with van der Waals surface area (Å²) in [6, 6.07) is 2.77. The van der Waals surface area contributed by atoms with Crippen molar-refractivity contribution in [1.29, 1.82) is 0 Å². The summed E-state index contributed by atoms with van der Waals surface area (Å²) in [5, 5.41) is 0. The summed E-state index contributed by atoms with van der Waals surface area (Å²) < 4.78 is 55.2. The van der Waals surface area contributed by atoms with Crippen LogP contribution in [0.5, 0.6) is 5.75 Å². The van der Waals surface area contributed by atoms with Crippen LogP contribution in [0.3, 0.4) is 0 Å². The Kier molecular flexibility index (Phi) is 5.63. The molecule has 5 saturated carbocycles. The smallest absolute Gasteiger partial charge is 0.304 e. The second kappa shape index (κ2) is 8.32. The van der Waals surface area contributed by atoms with Crippen molar-refractivity contribution in [2.45, 2.75) is 61.8 Å². The van der Waals surface area contributed by atoms with Gasteiger partial charge < -0.3 is 9.47 Å². The van der Waals surface area contributed by atoms with E-state index < -0.39 is 21.9 Å². The normalized spacial score (nSPS) is 35.4. The van der Waals surface area contributed by atoms with Crippen molar-refractivity contribution in [1.82, 2.24) is 9.03 Å². The average Bonchev–Trinajstić information content (AvgIpc) is 3.61. The van der Waals surface area contributed by atoms with Crippen LogP contribution < -0.4 is 9.46 Å². The molecule has 186 valence electrons. The van der Waals surface area contributed by atoms with E-state index in [0.717, 1.165) is 54.8 Å². The number of rotatable bonds is 6. The van der Waals surface area contributed by atoms with Gasteiger partial charge in [0, 0.05) is 24.0 Å². The minimum absolute atomic E-state index is 0.0155. The van der Waals surface area contributed by atoms with Gasteiger partial charge >= 0.3 is 10.2 Å². The number of halogens is 2. The Morgan fingerprint density at radius 2 is 1.82 bits per heavy atom. The third-order valence-corrected chi connectivity index (χ3v) is 10.2. The number of morpholine rings is 1. The molecule has 0 spiro atoms. The van der Waals surface area contributed by atoms with E-state index in [2.05, 4.69) is 0 Å². The van der Waals surface area contributed by atoms with E-state index in [1.807, 2.05) is 4.72 Å². The minimum Gasteiger partial charge on any atom is -0.489 e. The van der Waals surface area contributed by atoms with E-state index in [1.54, 1.807) is 0 Å². The number of hydrogen-bond donors (Lipinski definition) is 1. The number of carbonyl (C=O) groups excluding carboxylic acids is 1. The first-order valence-electron chi connectivity index (χ1n) is 12.3. The predicted octanol–water partition coefficient (Wildman–Crippen LogP) is 3.57. The SMILES string of the molecule is O=C(NS(=O)(=O)N1CCOCC1)c1cc(C2CC2)c(OC2C3CC4CC2CC(Cl)(C4)C3)cc1F. The van der Waals surface area contributed by atoms with Crippen LogP contribution in [0, 0.1) is 23.6 Å². The molecule has 10 heteroatoms. The van der Waals surface area contributed by atoms with Gasteiger partial charge in [-0.15, -0.1) is 11.6 Å². The number of carbonyl (C=O) groups is 1. The summed E-state index contributed by atoms with van der Waals surface area (Å²) in [4.78, 5) is 12.7. The van der Waals surface area contributed by atoms with Crippen molar-refractivity contribution < 1.29 is 27.1 Å². The Labute approximate surface area is 204 Å². The molecular weight excluding hydrogens is 483 g/mol. The van der Waals surface area contributed by atoms with E-state index in [1.165, 1.54) is 12.1 Å². The highest BCUT2D eigenvalue weighted by atomic mass is 35.5. The third kappa shape index (κ3) is 4.22. The zero-order valence-corrected chi connectivity index (χ0v) is 20.5. The lowest BCUT2D eigenvalue weighted by atomic mass is 9.54. The summed E-state index contributed by atoms with van der Waals surface area (Å²) in [5.41, 5.74) is 0.528. The molecule has 6 fully saturated rings. The molecule has 7 nitrogen and oxygen atoms in total. The molecule has 2 unspecified atom stereocenters. The van der Waals surface area contributed by atoms with Crippen LogP contribution >= 0.6 is 11.6 Å². The number of nitrogens with one attached hydrogen (secondary N) is 1. The molecule has 2 atom stereocenters. The Morgan fingerprint density at radius 1 is 1.15 bits per heavy atom. The Bertz CT molecular complexity index is 1090. The Balaban J connectivity index is 1.24. The lowest BCUT2D eigenvalue weighted by Gasteiger charge is -2.57. The van der Waals surface area contributed by atoms with Gasteiger partial charge in [0.2, 0.25) is 0 Å². The average molecular weight is 513 g/mol. The maximum absolute atomic E-state index is 15.2. The van der Waals surface area contributed by atoms with Crippen molar-refractivity contribution in [3.8, 4) is 5.75 Å². The van der Waals surface area contributed by atoms with Crippen molar-refractivity contribution in [3.63, 3.8) is 0 Å². The van der Waals surface area contributed by atoms with Crippen LogP contribution in [0.25, 0.3) is 0 Å². The molecule has 1 aromatic carbocycles. The van der Waals surface area contributed by atoms with Gasteiger partial charge in [-0.05, 0) is 80.2 Å². The second-order valence-corrected chi connectivity index (χ2v) is 13.3. The molecule has 0 aromatic heterocycles. The number of amides is 1. The quantitative estimate of drug-likeness (QED) is 0.589. The van der Waals surface area contributed by atoms with Crippen LogP contribution in [-0.4, -0.2) is 55.9 Å². The molecule has 6 aliphatic rings. The minimum atomic E-state index is -4.07. The summed E-state index contributed by atoms with van der Waals surface area (Å²) in [7, 11) is -4.07. The number of nitrogens with zero attached hydrogens (tertiary/aromatic N) is 1. The molecular formula is C24H30ClFN2O5S. The zero-order chi connectivity index (χ0) is 23.7. The molecule has 0 radical (unpaired) electrons. The van der Waals surface area contributed by atoms with E-state index in [4.69, 9.17) is 21.1 Å². The van der Waals surface area contributed by atoms with E-state index >= 15 is 4.39 Å². The lowest BCUT2D eigenvalue weighted by Crippen LogP contribution is -2.56. The van der Waals surface area contributed by atoms with Gasteiger partial charge in [-0.1, -0.05) is 0 Å². The summed E-state index contributed by atoms with van der Waals surface area (Å²) in [5.74, 6) is 0.376. The standard InChI is InChI=1S/C24H30ClFN2O5S/c25-24-11-14-7-16(12-24)22(17(8-14)13-24)33-21-10-20(26)19(9-18(21)15-1-2-15)23(29)27-34(30,31)28-3-5-32-6-4-28/h9-10,14-17,22H,1-8,11-13H2,(H,27,29). The van der Waals surface area contributed by atoms with Gasteiger partial charge in [-0.25, -0.2) is 9.11 Å². The monoisotopic (exact) mass is 512 g/mol.